The molecule has 164 valence electrons. The smallest absolute Gasteiger partial charge is 0.193 e. The van der Waals surface area contributed by atoms with Crippen LogP contribution in [0, 0.1) is 0 Å². The highest BCUT2D eigenvalue weighted by atomic mass is 127. The van der Waals surface area contributed by atoms with Crippen molar-refractivity contribution in [2.75, 3.05) is 63.6 Å². The lowest BCUT2D eigenvalue weighted by molar-refractivity contribution is 0.367. The fourth-order valence-corrected chi connectivity index (χ4v) is 3.52. The van der Waals surface area contributed by atoms with Gasteiger partial charge in [-0.1, -0.05) is 18.2 Å². The number of guanidine groups is 1. The Morgan fingerprint density at radius 1 is 1.03 bits per heavy atom. The molecule has 1 saturated heterocycles. The second kappa shape index (κ2) is 13.1. The van der Waals surface area contributed by atoms with E-state index in [2.05, 4.69) is 42.5 Å². The zero-order valence-corrected chi connectivity index (χ0v) is 20.2. The number of pyridine rings is 1. The summed E-state index contributed by atoms with van der Waals surface area (Å²) in [4.78, 5) is 13.5. The number of methoxy groups -OCH3 is 1. The summed E-state index contributed by atoms with van der Waals surface area (Å²) in [6, 6.07) is 14.1. The van der Waals surface area contributed by atoms with Crippen LogP contribution >= 0.6 is 24.0 Å². The average molecular weight is 524 g/mol. The predicted octanol–water partition coefficient (Wildman–Crippen LogP) is 3.30. The van der Waals surface area contributed by atoms with Crippen molar-refractivity contribution in [2.24, 2.45) is 4.99 Å². The Balaban J connectivity index is 0.00000320. The standard InChI is InChI=1S/C22H32N6O.HI/c1-23-22(26-14-8-7-13-25-21-11-5-6-12-24-21)28-17-15-27(16-18-28)19-9-3-4-10-20(19)29-2;/h3-6,9-12H,7-8,13-18H2,1-2H3,(H,23,26)(H,24,25);1H. The maximum absolute atomic E-state index is 5.51. The number of anilines is 2. The first-order valence-corrected chi connectivity index (χ1v) is 10.3. The lowest BCUT2D eigenvalue weighted by Crippen LogP contribution is -2.52. The van der Waals surface area contributed by atoms with Gasteiger partial charge in [0, 0.05) is 52.5 Å². The number of para-hydroxylation sites is 2. The molecule has 0 radical (unpaired) electrons. The van der Waals surface area contributed by atoms with Gasteiger partial charge in [0.25, 0.3) is 0 Å². The van der Waals surface area contributed by atoms with Crippen molar-refractivity contribution in [1.29, 1.82) is 0 Å². The number of halogens is 1. The number of hydrogen-bond acceptors (Lipinski definition) is 5. The summed E-state index contributed by atoms with van der Waals surface area (Å²) in [5.41, 5.74) is 1.16. The molecular formula is C22H33IN6O. The highest BCUT2D eigenvalue weighted by Crippen LogP contribution is 2.28. The van der Waals surface area contributed by atoms with Crippen molar-refractivity contribution >= 4 is 41.4 Å². The van der Waals surface area contributed by atoms with Crippen molar-refractivity contribution in [3.8, 4) is 5.75 Å². The van der Waals surface area contributed by atoms with E-state index < -0.39 is 0 Å². The van der Waals surface area contributed by atoms with E-state index >= 15 is 0 Å². The molecule has 1 aliphatic rings. The SMILES string of the molecule is CN=C(NCCCCNc1ccccn1)N1CCN(c2ccccc2OC)CC1.I. The first-order chi connectivity index (χ1) is 14.3. The molecule has 1 aromatic heterocycles. The third kappa shape index (κ3) is 6.93. The molecule has 2 heterocycles. The molecule has 7 nitrogen and oxygen atoms in total. The summed E-state index contributed by atoms with van der Waals surface area (Å²) in [5, 5.41) is 6.85. The molecule has 8 heteroatoms. The fraction of sp³-hybridized carbons (Fsp3) is 0.455. The minimum atomic E-state index is 0. The quantitative estimate of drug-likeness (QED) is 0.239. The van der Waals surface area contributed by atoms with E-state index in [4.69, 9.17) is 4.74 Å². The van der Waals surface area contributed by atoms with Gasteiger partial charge in [0.1, 0.15) is 11.6 Å². The van der Waals surface area contributed by atoms with E-state index in [0.717, 1.165) is 75.3 Å². The van der Waals surface area contributed by atoms with Crippen molar-refractivity contribution in [2.45, 2.75) is 12.8 Å². The van der Waals surface area contributed by atoms with Crippen molar-refractivity contribution < 1.29 is 4.74 Å². The van der Waals surface area contributed by atoms with Crippen LogP contribution in [0.5, 0.6) is 5.75 Å². The van der Waals surface area contributed by atoms with E-state index in [1.165, 1.54) is 0 Å². The molecule has 0 amide bonds. The number of piperazine rings is 1. The summed E-state index contributed by atoms with van der Waals surface area (Å²) >= 11 is 0. The van der Waals surface area contributed by atoms with Crippen LogP contribution in [0.3, 0.4) is 0 Å². The summed E-state index contributed by atoms with van der Waals surface area (Å²) < 4.78 is 5.51. The largest absolute Gasteiger partial charge is 0.495 e. The fourth-order valence-electron chi connectivity index (χ4n) is 3.52. The minimum Gasteiger partial charge on any atom is -0.495 e. The Hall–Kier alpha value is -2.23. The molecular weight excluding hydrogens is 491 g/mol. The number of hydrogen-bond donors (Lipinski definition) is 2. The maximum Gasteiger partial charge on any atom is 0.193 e. The van der Waals surface area contributed by atoms with E-state index in [9.17, 15) is 0 Å². The number of ether oxygens (including phenoxy) is 1. The molecule has 1 fully saturated rings. The van der Waals surface area contributed by atoms with Gasteiger partial charge in [-0.15, -0.1) is 24.0 Å². The van der Waals surface area contributed by atoms with Crippen LogP contribution in [0.2, 0.25) is 0 Å². The van der Waals surface area contributed by atoms with Crippen LogP contribution in [-0.2, 0) is 0 Å². The first kappa shape index (κ1) is 24.0. The minimum absolute atomic E-state index is 0. The number of unbranched alkanes of at least 4 members (excludes halogenated alkanes) is 1. The average Bonchev–Trinajstić information content (AvgIpc) is 2.79. The molecule has 1 aliphatic heterocycles. The Morgan fingerprint density at radius 2 is 1.77 bits per heavy atom. The van der Waals surface area contributed by atoms with E-state index in [1.807, 2.05) is 43.6 Å². The van der Waals surface area contributed by atoms with Gasteiger partial charge in [-0.05, 0) is 37.1 Å². The summed E-state index contributed by atoms with van der Waals surface area (Å²) in [7, 11) is 3.59. The van der Waals surface area contributed by atoms with Gasteiger partial charge in [-0.25, -0.2) is 4.98 Å². The maximum atomic E-state index is 5.51. The molecule has 0 spiro atoms. The molecule has 2 N–H and O–H groups in total. The topological polar surface area (TPSA) is 65.0 Å². The number of nitrogens with zero attached hydrogens (tertiary/aromatic N) is 4. The Bertz CT molecular complexity index is 765. The van der Waals surface area contributed by atoms with Gasteiger partial charge >= 0.3 is 0 Å². The van der Waals surface area contributed by atoms with Crippen molar-refractivity contribution in [3.63, 3.8) is 0 Å². The first-order valence-electron chi connectivity index (χ1n) is 10.3. The van der Waals surface area contributed by atoms with E-state index in [1.54, 1.807) is 7.11 Å². The van der Waals surface area contributed by atoms with Gasteiger partial charge in [0.2, 0.25) is 0 Å². The second-order valence-electron chi connectivity index (χ2n) is 6.97. The van der Waals surface area contributed by atoms with Crippen LogP contribution in [0.15, 0.2) is 53.7 Å². The number of rotatable bonds is 8. The van der Waals surface area contributed by atoms with Crippen LogP contribution in [-0.4, -0.2) is 69.3 Å². The van der Waals surface area contributed by atoms with Gasteiger partial charge in [-0.2, -0.15) is 0 Å². The molecule has 0 unspecified atom stereocenters. The normalized spacial score (nSPS) is 14.1. The molecule has 2 aromatic rings. The number of aliphatic imine (C=N–C) groups is 1. The Morgan fingerprint density at radius 3 is 2.47 bits per heavy atom. The third-order valence-corrected chi connectivity index (χ3v) is 5.07. The van der Waals surface area contributed by atoms with Gasteiger partial charge in [-0.3, -0.25) is 4.99 Å². The van der Waals surface area contributed by atoms with Gasteiger partial charge < -0.3 is 25.2 Å². The van der Waals surface area contributed by atoms with E-state index in [0.29, 0.717) is 0 Å². The van der Waals surface area contributed by atoms with Crippen LogP contribution in [0.1, 0.15) is 12.8 Å². The lowest BCUT2D eigenvalue weighted by Gasteiger charge is -2.38. The Labute approximate surface area is 196 Å². The monoisotopic (exact) mass is 524 g/mol. The highest BCUT2D eigenvalue weighted by molar-refractivity contribution is 14.0. The van der Waals surface area contributed by atoms with Gasteiger partial charge in [0.15, 0.2) is 5.96 Å². The number of benzene rings is 1. The van der Waals surface area contributed by atoms with Crippen LogP contribution in [0.4, 0.5) is 11.5 Å². The Kier molecular flexibility index (Phi) is 10.5. The zero-order chi connectivity index (χ0) is 20.3. The molecule has 0 saturated carbocycles. The summed E-state index contributed by atoms with van der Waals surface area (Å²) in [5.74, 6) is 2.86. The number of aromatic nitrogens is 1. The lowest BCUT2D eigenvalue weighted by atomic mass is 10.2. The molecule has 30 heavy (non-hydrogen) atoms. The van der Waals surface area contributed by atoms with Crippen LogP contribution in [0.25, 0.3) is 0 Å². The molecule has 0 atom stereocenters. The zero-order valence-electron chi connectivity index (χ0n) is 17.9. The highest BCUT2D eigenvalue weighted by Gasteiger charge is 2.21. The summed E-state index contributed by atoms with van der Waals surface area (Å²) in [6.07, 6.45) is 3.98. The molecule has 3 rings (SSSR count). The number of nitrogens with one attached hydrogen (secondary N) is 2. The third-order valence-electron chi connectivity index (χ3n) is 5.07. The van der Waals surface area contributed by atoms with E-state index in [-0.39, 0.29) is 24.0 Å². The van der Waals surface area contributed by atoms with Crippen molar-refractivity contribution in [3.05, 3.63) is 48.7 Å². The van der Waals surface area contributed by atoms with Crippen LogP contribution < -0.4 is 20.3 Å². The van der Waals surface area contributed by atoms with Gasteiger partial charge in [0.05, 0.1) is 12.8 Å². The second-order valence-corrected chi connectivity index (χ2v) is 6.97. The molecule has 0 aliphatic carbocycles. The van der Waals surface area contributed by atoms with Crippen molar-refractivity contribution in [1.82, 2.24) is 15.2 Å². The predicted molar refractivity (Wildman–Crippen MR) is 136 cm³/mol. The molecule has 0 bridgehead atoms. The summed E-state index contributed by atoms with van der Waals surface area (Å²) in [6.45, 7) is 5.64. The molecule has 1 aromatic carbocycles.